The lowest BCUT2D eigenvalue weighted by Gasteiger charge is -2.10. The van der Waals surface area contributed by atoms with Crippen LogP contribution in [0.1, 0.15) is 23.2 Å². The van der Waals surface area contributed by atoms with E-state index in [2.05, 4.69) is 11.1 Å². The third-order valence-corrected chi connectivity index (χ3v) is 4.45. The van der Waals surface area contributed by atoms with Crippen LogP contribution >= 0.6 is 11.8 Å². The molecule has 1 heterocycles. The van der Waals surface area contributed by atoms with Crippen LogP contribution in [-0.4, -0.2) is 4.98 Å². The third kappa shape index (κ3) is 2.51. The monoisotopic (exact) mass is 274 g/mol. The van der Waals surface area contributed by atoms with Crippen molar-refractivity contribution in [2.24, 2.45) is 5.73 Å². The number of hydrogen-bond acceptors (Lipinski definition) is 3. The lowest BCUT2D eigenvalue weighted by Crippen LogP contribution is -2.03. The summed E-state index contributed by atoms with van der Waals surface area (Å²) in [5.74, 6) is -0.210. The number of benzene rings is 1. The molecule has 0 fully saturated rings. The van der Waals surface area contributed by atoms with Crippen molar-refractivity contribution < 1.29 is 4.39 Å². The highest BCUT2D eigenvalue weighted by atomic mass is 32.2. The number of fused-ring (bicyclic) bond motifs is 1. The van der Waals surface area contributed by atoms with Crippen molar-refractivity contribution in [1.29, 1.82) is 0 Å². The first-order chi connectivity index (χ1) is 9.28. The Morgan fingerprint density at radius 2 is 2.11 bits per heavy atom. The van der Waals surface area contributed by atoms with E-state index in [1.54, 1.807) is 12.1 Å². The van der Waals surface area contributed by atoms with Crippen LogP contribution in [0.3, 0.4) is 0 Å². The lowest BCUT2D eigenvalue weighted by molar-refractivity contribution is 0.602. The maximum Gasteiger partial charge on any atom is 0.137 e. The molecular weight excluding hydrogens is 259 g/mol. The highest BCUT2D eigenvalue weighted by molar-refractivity contribution is 7.99. The van der Waals surface area contributed by atoms with Crippen molar-refractivity contribution in [2.75, 3.05) is 0 Å². The standard InChI is InChI=1S/C15H15FN2S/c16-12-5-1-2-7-14(12)19-15-11(9-17)8-10-4-3-6-13(10)18-15/h1-2,5,7-8H,3-4,6,9,17H2. The Morgan fingerprint density at radius 3 is 2.89 bits per heavy atom. The molecule has 4 heteroatoms. The van der Waals surface area contributed by atoms with E-state index in [0.717, 1.165) is 35.5 Å². The van der Waals surface area contributed by atoms with Crippen LogP contribution in [0.4, 0.5) is 4.39 Å². The van der Waals surface area contributed by atoms with Gasteiger partial charge in [-0.25, -0.2) is 9.37 Å². The number of pyridine rings is 1. The highest BCUT2D eigenvalue weighted by Gasteiger charge is 2.17. The lowest BCUT2D eigenvalue weighted by atomic mass is 10.1. The second-order valence-electron chi connectivity index (χ2n) is 4.65. The van der Waals surface area contributed by atoms with Gasteiger partial charge in [0, 0.05) is 17.1 Å². The molecule has 3 rings (SSSR count). The molecule has 0 bridgehead atoms. The Bertz CT molecular complexity index is 613. The zero-order chi connectivity index (χ0) is 13.2. The number of aromatic nitrogens is 1. The Morgan fingerprint density at radius 1 is 1.26 bits per heavy atom. The summed E-state index contributed by atoms with van der Waals surface area (Å²) in [4.78, 5) is 5.28. The van der Waals surface area contributed by atoms with Gasteiger partial charge in [-0.15, -0.1) is 0 Å². The van der Waals surface area contributed by atoms with Crippen molar-refractivity contribution in [1.82, 2.24) is 4.98 Å². The molecule has 0 saturated heterocycles. The Labute approximate surface area is 116 Å². The van der Waals surface area contributed by atoms with Gasteiger partial charge in [0.25, 0.3) is 0 Å². The largest absolute Gasteiger partial charge is 0.326 e. The van der Waals surface area contributed by atoms with Gasteiger partial charge in [-0.05, 0) is 42.5 Å². The van der Waals surface area contributed by atoms with Gasteiger partial charge in [0.15, 0.2) is 0 Å². The SMILES string of the molecule is NCc1cc2c(nc1Sc1ccccc1F)CCC2. The summed E-state index contributed by atoms with van der Waals surface area (Å²) in [6, 6.07) is 8.91. The van der Waals surface area contributed by atoms with E-state index in [9.17, 15) is 4.39 Å². The molecule has 0 aliphatic heterocycles. The van der Waals surface area contributed by atoms with E-state index in [1.165, 1.54) is 23.4 Å². The third-order valence-electron chi connectivity index (χ3n) is 3.35. The van der Waals surface area contributed by atoms with E-state index in [-0.39, 0.29) is 5.82 Å². The van der Waals surface area contributed by atoms with Crippen LogP contribution in [0.5, 0.6) is 0 Å². The fourth-order valence-electron chi connectivity index (χ4n) is 2.37. The molecule has 1 aromatic carbocycles. The maximum atomic E-state index is 13.7. The molecule has 2 nitrogen and oxygen atoms in total. The summed E-state index contributed by atoms with van der Waals surface area (Å²) < 4.78 is 13.7. The summed E-state index contributed by atoms with van der Waals surface area (Å²) in [6.07, 6.45) is 3.26. The Hall–Kier alpha value is -1.39. The quantitative estimate of drug-likeness (QED) is 0.933. The molecule has 1 aliphatic carbocycles. The molecule has 0 atom stereocenters. The number of halogens is 1. The van der Waals surface area contributed by atoms with Gasteiger partial charge < -0.3 is 5.73 Å². The summed E-state index contributed by atoms with van der Waals surface area (Å²) in [7, 11) is 0. The molecule has 1 aliphatic rings. The number of nitrogens with two attached hydrogens (primary N) is 1. The van der Waals surface area contributed by atoms with Crippen LogP contribution in [0.25, 0.3) is 0 Å². The summed E-state index contributed by atoms with van der Waals surface area (Å²) >= 11 is 1.37. The Kier molecular flexibility index (Phi) is 3.53. The average Bonchev–Trinajstić information content (AvgIpc) is 2.87. The number of aryl methyl sites for hydroxylation is 2. The van der Waals surface area contributed by atoms with Crippen LogP contribution < -0.4 is 5.73 Å². The van der Waals surface area contributed by atoms with Crippen molar-refractivity contribution in [3.63, 3.8) is 0 Å². The summed E-state index contributed by atoms with van der Waals surface area (Å²) in [6.45, 7) is 0.442. The highest BCUT2D eigenvalue weighted by Crippen LogP contribution is 2.33. The molecule has 0 amide bonds. The number of rotatable bonds is 3. The van der Waals surface area contributed by atoms with Crippen LogP contribution in [0.2, 0.25) is 0 Å². The van der Waals surface area contributed by atoms with Gasteiger partial charge >= 0.3 is 0 Å². The van der Waals surface area contributed by atoms with E-state index < -0.39 is 0 Å². The molecule has 0 radical (unpaired) electrons. The summed E-state index contributed by atoms with van der Waals surface area (Å²) in [5, 5.41) is 0.841. The van der Waals surface area contributed by atoms with E-state index in [0.29, 0.717) is 11.4 Å². The second kappa shape index (κ2) is 5.31. The predicted molar refractivity (Wildman–Crippen MR) is 74.7 cm³/mol. The maximum absolute atomic E-state index is 13.7. The average molecular weight is 274 g/mol. The summed E-state index contributed by atoms with van der Waals surface area (Å²) in [5.41, 5.74) is 9.25. The molecule has 2 aromatic rings. The predicted octanol–water partition coefficient (Wildman–Crippen LogP) is 3.32. The van der Waals surface area contributed by atoms with Gasteiger partial charge in [0.05, 0.1) is 0 Å². The molecule has 2 N–H and O–H groups in total. The minimum Gasteiger partial charge on any atom is -0.326 e. The molecular formula is C15H15FN2S. The van der Waals surface area contributed by atoms with Gasteiger partial charge in [0.2, 0.25) is 0 Å². The first-order valence-corrected chi connectivity index (χ1v) is 7.23. The van der Waals surface area contributed by atoms with E-state index in [1.807, 2.05) is 6.07 Å². The van der Waals surface area contributed by atoms with Crippen LogP contribution in [-0.2, 0) is 19.4 Å². The molecule has 19 heavy (non-hydrogen) atoms. The van der Waals surface area contributed by atoms with Crippen molar-refractivity contribution >= 4 is 11.8 Å². The molecule has 0 spiro atoms. The topological polar surface area (TPSA) is 38.9 Å². The molecule has 0 unspecified atom stereocenters. The zero-order valence-electron chi connectivity index (χ0n) is 10.5. The first kappa shape index (κ1) is 12.6. The smallest absolute Gasteiger partial charge is 0.137 e. The van der Waals surface area contributed by atoms with Gasteiger partial charge in [-0.3, -0.25) is 0 Å². The zero-order valence-corrected chi connectivity index (χ0v) is 11.3. The number of hydrogen-bond donors (Lipinski definition) is 1. The minimum absolute atomic E-state index is 0.210. The normalized spacial score (nSPS) is 13.6. The van der Waals surface area contributed by atoms with Gasteiger partial charge in [-0.2, -0.15) is 0 Å². The molecule has 0 saturated carbocycles. The number of nitrogens with zero attached hydrogens (tertiary/aromatic N) is 1. The second-order valence-corrected chi connectivity index (χ2v) is 5.68. The van der Waals surface area contributed by atoms with Crippen molar-refractivity contribution in [3.8, 4) is 0 Å². The van der Waals surface area contributed by atoms with Crippen LogP contribution in [0.15, 0.2) is 40.3 Å². The van der Waals surface area contributed by atoms with Gasteiger partial charge in [0.1, 0.15) is 10.8 Å². The Balaban J connectivity index is 1.98. The van der Waals surface area contributed by atoms with E-state index in [4.69, 9.17) is 5.73 Å². The molecule has 1 aromatic heterocycles. The fourth-order valence-corrected chi connectivity index (χ4v) is 3.32. The first-order valence-electron chi connectivity index (χ1n) is 6.42. The van der Waals surface area contributed by atoms with Crippen LogP contribution in [0, 0.1) is 5.82 Å². The van der Waals surface area contributed by atoms with E-state index >= 15 is 0 Å². The molecule has 98 valence electrons. The minimum atomic E-state index is -0.210. The fraction of sp³-hybridized carbons (Fsp3) is 0.267. The van der Waals surface area contributed by atoms with Crippen molar-refractivity contribution in [2.45, 2.75) is 35.7 Å². The van der Waals surface area contributed by atoms with Gasteiger partial charge in [-0.1, -0.05) is 30.0 Å². The van der Waals surface area contributed by atoms with Crippen molar-refractivity contribution in [3.05, 3.63) is 53.0 Å².